The molecule has 56 valence electrons. The molecule has 0 aromatic carbocycles. The summed E-state index contributed by atoms with van der Waals surface area (Å²) in [5.74, 6) is 0.692. The van der Waals surface area contributed by atoms with Gasteiger partial charge in [-0.1, -0.05) is 0 Å². The van der Waals surface area contributed by atoms with Crippen molar-refractivity contribution in [3.05, 3.63) is 24.0 Å². The number of aromatic nitrogens is 1. The molecule has 0 unspecified atom stereocenters. The molecule has 0 saturated heterocycles. The van der Waals surface area contributed by atoms with Gasteiger partial charge in [0.25, 0.3) is 0 Å². The lowest BCUT2D eigenvalue weighted by molar-refractivity contribution is 0.412. The Labute approximate surface area is 65.3 Å². The normalized spacial score (nSPS) is 8.73. The number of ether oxygens (including phenoxy) is 1. The first-order chi connectivity index (χ1) is 5.36. The smallest absolute Gasteiger partial charge is 0.137 e. The molecule has 0 amide bonds. The number of rotatable bonds is 2. The van der Waals surface area contributed by atoms with Gasteiger partial charge in [0, 0.05) is 6.20 Å². The van der Waals surface area contributed by atoms with E-state index in [9.17, 15) is 0 Å². The van der Waals surface area contributed by atoms with Crippen LogP contribution in [0.2, 0.25) is 0 Å². The van der Waals surface area contributed by atoms with Gasteiger partial charge in [0.2, 0.25) is 0 Å². The Kier molecular flexibility index (Phi) is 2.45. The summed E-state index contributed by atoms with van der Waals surface area (Å²) < 4.78 is 4.93. The van der Waals surface area contributed by atoms with Gasteiger partial charge in [-0.25, -0.2) is 0 Å². The minimum Gasteiger partial charge on any atom is -0.495 e. The topological polar surface area (TPSA) is 45.9 Å². The maximum Gasteiger partial charge on any atom is 0.137 e. The van der Waals surface area contributed by atoms with E-state index in [-0.39, 0.29) is 0 Å². The summed E-state index contributed by atoms with van der Waals surface area (Å²) in [6.07, 6.45) is 3.65. The fourth-order valence-corrected chi connectivity index (χ4v) is 0.763. The largest absolute Gasteiger partial charge is 0.495 e. The highest BCUT2D eigenvalue weighted by Crippen LogP contribution is 2.09. The van der Waals surface area contributed by atoms with Crippen molar-refractivity contribution in [3.63, 3.8) is 0 Å². The lowest BCUT2D eigenvalue weighted by Crippen LogP contribution is -1.87. The fraction of sp³-hybridized carbons (Fsp3) is 0.250. The van der Waals surface area contributed by atoms with Gasteiger partial charge in [0.1, 0.15) is 5.75 Å². The number of pyridine rings is 1. The average molecular weight is 148 g/mol. The molecule has 3 nitrogen and oxygen atoms in total. The first-order valence-electron chi connectivity index (χ1n) is 3.21. The molecular formula is C8H8N2O. The van der Waals surface area contributed by atoms with Gasteiger partial charge in [0.05, 0.1) is 25.8 Å². The fourth-order valence-electron chi connectivity index (χ4n) is 0.763. The van der Waals surface area contributed by atoms with Crippen molar-refractivity contribution in [1.29, 1.82) is 5.26 Å². The third-order valence-electron chi connectivity index (χ3n) is 1.29. The molecule has 0 atom stereocenters. The molecule has 3 heteroatoms. The van der Waals surface area contributed by atoms with Gasteiger partial charge in [0.15, 0.2) is 0 Å². The zero-order chi connectivity index (χ0) is 8.10. The predicted octanol–water partition coefficient (Wildman–Crippen LogP) is 1.16. The van der Waals surface area contributed by atoms with Gasteiger partial charge in [-0.2, -0.15) is 5.26 Å². The Bertz CT molecular complexity index is 278. The van der Waals surface area contributed by atoms with Crippen LogP contribution >= 0.6 is 0 Å². The van der Waals surface area contributed by atoms with Crippen molar-refractivity contribution < 1.29 is 4.74 Å². The average Bonchev–Trinajstić information content (AvgIpc) is 2.06. The highest BCUT2D eigenvalue weighted by Gasteiger charge is 1.94. The molecule has 0 aliphatic carbocycles. The Morgan fingerprint density at radius 2 is 2.45 bits per heavy atom. The van der Waals surface area contributed by atoms with Crippen LogP contribution in [0.1, 0.15) is 5.56 Å². The Morgan fingerprint density at radius 1 is 1.64 bits per heavy atom. The minimum atomic E-state index is 0.379. The molecule has 0 spiro atoms. The zero-order valence-corrected chi connectivity index (χ0v) is 6.24. The van der Waals surface area contributed by atoms with E-state index in [1.165, 1.54) is 0 Å². The molecule has 1 heterocycles. The third-order valence-corrected chi connectivity index (χ3v) is 1.29. The lowest BCUT2D eigenvalue weighted by atomic mass is 10.2. The van der Waals surface area contributed by atoms with E-state index in [4.69, 9.17) is 10.00 Å². The van der Waals surface area contributed by atoms with Crippen LogP contribution in [0.15, 0.2) is 18.5 Å². The van der Waals surface area contributed by atoms with Crippen LogP contribution in [0.25, 0.3) is 0 Å². The van der Waals surface area contributed by atoms with Gasteiger partial charge in [-0.15, -0.1) is 0 Å². The van der Waals surface area contributed by atoms with Crippen LogP contribution in [0.5, 0.6) is 5.75 Å². The van der Waals surface area contributed by atoms with E-state index in [0.29, 0.717) is 12.2 Å². The first kappa shape index (κ1) is 7.55. The Hall–Kier alpha value is -1.56. The van der Waals surface area contributed by atoms with Crippen molar-refractivity contribution in [2.24, 2.45) is 0 Å². The number of nitrogens with zero attached hydrogens (tertiary/aromatic N) is 2. The maximum absolute atomic E-state index is 8.36. The molecular weight excluding hydrogens is 140 g/mol. The van der Waals surface area contributed by atoms with Crippen molar-refractivity contribution in [2.45, 2.75) is 6.42 Å². The van der Waals surface area contributed by atoms with Crippen molar-refractivity contribution in [2.75, 3.05) is 7.11 Å². The molecule has 0 aliphatic rings. The van der Waals surface area contributed by atoms with E-state index < -0.39 is 0 Å². The summed E-state index contributed by atoms with van der Waals surface area (Å²) in [5, 5.41) is 8.36. The molecule has 0 N–H and O–H groups in total. The van der Waals surface area contributed by atoms with E-state index in [1.807, 2.05) is 6.07 Å². The molecule has 1 rings (SSSR count). The summed E-state index contributed by atoms with van der Waals surface area (Å²) in [6.45, 7) is 0. The molecule has 1 aromatic heterocycles. The van der Waals surface area contributed by atoms with Crippen molar-refractivity contribution in [1.82, 2.24) is 4.98 Å². The molecule has 1 aromatic rings. The van der Waals surface area contributed by atoms with Gasteiger partial charge in [-0.3, -0.25) is 4.98 Å². The highest BCUT2D eigenvalue weighted by molar-refractivity contribution is 5.25. The second-order valence-electron chi connectivity index (χ2n) is 2.07. The van der Waals surface area contributed by atoms with Gasteiger partial charge >= 0.3 is 0 Å². The van der Waals surface area contributed by atoms with Gasteiger partial charge < -0.3 is 4.74 Å². The molecule has 0 fully saturated rings. The predicted molar refractivity (Wildman–Crippen MR) is 40.1 cm³/mol. The Morgan fingerprint density at radius 3 is 3.09 bits per heavy atom. The second kappa shape index (κ2) is 3.57. The van der Waals surface area contributed by atoms with Crippen LogP contribution in [-0.4, -0.2) is 12.1 Å². The van der Waals surface area contributed by atoms with Crippen LogP contribution in [-0.2, 0) is 6.42 Å². The van der Waals surface area contributed by atoms with Crippen molar-refractivity contribution in [3.8, 4) is 11.8 Å². The SMILES string of the molecule is COc1cncc(CC#N)c1. The number of hydrogen-bond acceptors (Lipinski definition) is 3. The monoisotopic (exact) mass is 148 g/mol. The first-order valence-corrected chi connectivity index (χ1v) is 3.21. The van der Waals surface area contributed by atoms with E-state index in [2.05, 4.69) is 4.98 Å². The summed E-state index contributed by atoms with van der Waals surface area (Å²) in [4.78, 5) is 3.90. The summed E-state index contributed by atoms with van der Waals surface area (Å²) in [5.41, 5.74) is 0.881. The minimum absolute atomic E-state index is 0.379. The second-order valence-corrected chi connectivity index (χ2v) is 2.07. The van der Waals surface area contributed by atoms with E-state index in [0.717, 1.165) is 5.56 Å². The quantitative estimate of drug-likeness (QED) is 0.632. The third kappa shape index (κ3) is 1.94. The van der Waals surface area contributed by atoms with Crippen molar-refractivity contribution >= 4 is 0 Å². The lowest BCUT2D eigenvalue weighted by Gasteiger charge is -1.98. The number of hydrogen-bond donors (Lipinski definition) is 0. The summed E-state index contributed by atoms with van der Waals surface area (Å²) >= 11 is 0. The standard InChI is InChI=1S/C8H8N2O/c1-11-8-4-7(2-3-9)5-10-6-8/h4-6H,2H2,1H3. The van der Waals surface area contributed by atoms with Gasteiger partial charge in [-0.05, 0) is 11.6 Å². The van der Waals surface area contributed by atoms with Crippen LogP contribution in [0, 0.1) is 11.3 Å². The van der Waals surface area contributed by atoms with E-state index >= 15 is 0 Å². The molecule has 11 heavy (non-hydrogen) atoms. The molecule has 0 aliphatic heterocycles. The molecule has 0 saturated carbocycles. The highest BCUT2D eigenvalue weighted by atomic mass is 16.5. The van der Waals surface area contributed by atoms with Crippen LogP contribution in [0.3, 0.4) is 0 Å². The molecule has 0 radical (unpaired) electrons. The number of nitriles is 1. The Balaban J connectivity index is 2.84. The summed E-state index contributed by atoms with van der Waals surface area (Å²) in [6, 6.07) is 3.84. The summed E-state index contributed by atoms with van der Waals surface area (Å²) in [7, 11) is 1.58. The van der Waals surface area contributed by atoms with E-state index in [1.54, 1.807) is 25.6 Å². The number of methoxy groups -OCH3 is 1. The molecule has 0 bridgehead atoms. The van der Waals surface area contributed by atoms with Crippen LogP contribution in [0.4, 0.5) is 0 Å². The zero-order valence-electron chi connectivity index (χ0n) is 6.24. The maximum atomic E-state index is 8.36. The van der Waals surface area contributed by atoms with Crippen LogP contribution < -0.4 is 4.74 Å².